The van der Waals surface area contributed by atoms with E-state index in [1.165, 1.54) is 38.9 Å². The van der Waals surface area contributed by atoms with Gasteiger partial charge < -0.3 is 4.74 Å². The molecule has 1 aromatic heterocycles. The number of aryl methyl sites for hydroxylation is 1. The highest BCUT2D eigenvalue weighted by atomic mass is 16.5. The summed E-state index contributed by atoms with van der Waals surface area (Å²) in [5.41, 5.74) is 17.6. The molecule has 0 amide bonds. The Morgan fingerprint density at radius 2 is 0.772 bits per heavy atom. The summed E-state index contributed by atoms with van der Waals surface area (Å²) in [6, 6.07) is 71.4. The minimum atomic E-state index is -0.574. The predicted molar refractivity (Wildman–Crippen MR) is 231 cm³/mol. The Morgan fingerprint density at radius 1 is 0.351 bits per heavy atom. The maximum atomic E-state index is 6.66. The van der Waals surface area contributed by atoms with Crippen molar-refractivity contribution in [2.75, 3.05) is 0 Å². The van der Waals surface area contributed by atoms with Gasteiger partial charge in [0.15, 0.2) is 5.82 Å². The summed E-state index contributed by atoms with van der Waals surface area (Å²) in [6.45, 7) is 2.14. The maximum absolute atomic E-state index is 6.66. The molecule has 0 N–H and O–H groups in total. The fraction of sp³-hybridized carbons (Fsp3) is 0.0370. The number of hydrogen-bond acceptors (Lipinski definition) is 3. The lowest BCUT2D eigenvalue weighted by atomic mass is 9.65. The molecule has 0 saturated carbocycles. The van der Waals surface area contributed by atoms with Crippen molar-refractivity contribution in [2.24, 2.45) is 0 Å². The second-order valence-electron chi connectivity index (χ2n) is 15.0. The van der Waals surface area contributed by atoms with Crippen LogP contribution in [0.1, 0.15) is 27.8 Å². The van der Waals surface area contributed by atoms with Crippen molar-refractivity contribution in [3.05, 3.63) is 228 Å². The molecule has 0 saturated heterocycles. The predicted octanol–water partition coefficient (Wildman–Crippen LogP) is 13.6. The van der Waals surface area contributed by atoms with Crippen LogP contribution in [0.15, 0.2) is 200 Å². The third-order valence-corrected chi connectivity index (χ3v) is 11.7. The first kappa shape index (κ1) is 33.0. The summed E-state index contributed by atoms with van der Waals surface area (Å²) in [7, 11) is 0. The second kappa shape index (κ2) is 13.1. The van der Waals surface area contributed by atoms with E-state index in [1.54, 1.807) is 0 Å². The Kier molecular flexibility index (Phi) is 7.61. The van der Waals surface area contributed by atoms with E-state index in [1.807, 2.05) is 36.4 Å². The van der Waals surface area contributed by atoms with Gasteiger partial charge in [-0.25, -0.2) is 9.97 Å². The van der Waals surface area contributed by atoms with Crippen LogP contribution in [0.3, 0.4) is 0 Å². The molecule has 0 bridgehead atoms. The summed E-state index contributed by atoms with van der Waals surface area (Å²) >= 11 is 0. The van der Waals surface area contributed by atoms with Crippen molar-refractivity contribution in [3.63, 3.8) is 0 Å². The Balaban J connectivity index is 1.06. The van der Waals surface area contributed by atoms with E-state index in [0.29, 0.717) is 5.82 Å². The van der Waals surface area contributed by atoms with E-state index in [0.717, 1.165) is 61.8 Å². The smallest absolute Gasteiger partial charge is 0.160 e. The molecule has 3 nitrogen and oxygen atoms in total. The molecular formula is C54H36N2O. The van der Waals surface area contributed by atoms with Crippen molar-refractivity contribution in [1.82, 2.24) is 9.97 Å². The molecular weight excluding hydrogens is 693 g/mol. The number of nitrogens with zero attached hydrogens (tertiary/aromatic N) is 2. The third-order valence-electron chi connectivity index (χ3n) is 11.7. The van der Waals surface area contributed by atoms with Crippen LogP contribution in [0.4, 0.5) is 0 Å². The van der Waals surface area contributed by atoms with E-state index in [4.69, 9.17) is 14.7 Å². The molecule has 2 heterocycles. The summed E-state index contributed by atoms with van der Waals surface area (Å²) in [5.74, 6) is 2.49. The molecule has 0 atom stereocenters. The van der Waals surface area contributed by atoms with E-state index in [-0.39, 0.29) is 0 Å². The van der Waals surface area contributed by atoms with Crippen LogP contribution in [0.5, 0.6) is 11.5 Å². The molecule has 57 heavy (non-hydrogen) atoms. The van der Waals surface area contributed by atoms with Crippen LogP contribution in [0, 0.1) is 6.92 Å². The van der Waals surface area contributed by atoms with Gasteiger partial charge in [0.2, 0.25) is 0 Å². The first-order chi connectivity index (χ1) is 28.1. The lowest BCUT2D eigenvalue weighted by Gasteiger charge is -2.39. The quantitative estimate of drug-likeness (QED) is 0.177. The second-order valence-corrected chi connectivity index (χ2v) is 15.0. The Labute approximate surface area is 332 Å². The van der Waals surface area contributed by atoms with Gasteiger partial charge in [-0.05, 0) is 81.8 Å². The number of rotatable bonds is 5. The van der Waals surface area contributed by atoms with Crippen LogP contribution in [0.25, 0.3) is 67.3 Å². The van der Waals surface area contributed by atoms with Crippen molar-refractivity contribution >= 4 is 0 Å². The number of aromatic nitrogens is 2. The van der Waals surface area contributed by atoms with E-state index < -0.39 is 5.41 Å². The lowest BCUT2D eigenvalue weighted by molar-refractivity contribution is 0.436. The monoisotopic (exact) mass is 728 g/mol. The first-order valence-corrected chi connectivity index (χ1v) is 19.5. The van der Waals surface area contributed by atoms with Gasteiger partial charge in [-0.1, -0.05) is 175 Å². The molecule has 0 unspecified atom stereocenters. The molecule has 1 spiro atoms. The van der Waals surface area contributed by atoms with Gasteiger partial charge in [0.05, 0.1) is 16.8 Å². The van der Waals surface area contributed by atoms with Crippen LogP contribution >= 0.6 is 0 Å². The van der Waals surface area contributed by atoms with Crippen molar-refractivity contribution in [3.8, 4) is 78.8 Å². The van der Waals surface area contributed by atoms with Gasteiger partial charge in [0.25, 0.3) is 0 Å². The number of para-hydroxylation sites is 2. The minimum Gasteiger partial charge on any atom is -0.457 e. The molecule has 11 rings (SSSR count). The number of fused-ring (bicyclic) bond motifs is 9. The molecule has 8 aromatic carbocycles. The highest BCUT2D eigenvalue weighted by molar-refractivity contribution is 5.92. The molecule has 9 aromatic rings. The Hall–Kier alpha value is -7.36. The van der Waals surface area contributed by atoms with Crippen LogP contribution in [0.2, 0.25) is 0 Å². The van der Waals surface area contributed by atoms with E-state index in [2.05, 4.69) is 171 Å². The molecule has 268 valence electrons. The fourth-order valence-electron chi connectivity index (χ4n) is 8.91. The normalized spacial score (nSPS) is 12.9. The highest BCUT2D eigenvalue weighted by Gasteiger charge is 2.51. The van der Waals surface area contributed by atoms with Gasteiger partial charge >= 0.3 is 0 Å². The highest BCUT2D eigenvalue weighted by Crippen LogP contribution is 2.62. The zero-order chi connectivity index (χ0) is 37.9. The summed E-state index contributed by atoms with van der Waals surface area (Å²) in [6.07, 6.45) is 0. The van der Waals surface area contributed by atoms with Crippen LogP contribution in [-0.4, -0.2) is 9.97 Å². The zero-order valence-corrected chi connectivity index (χ0v) is 31.4. The topological polar surface area (TPSA) is 35.0 Å². The minimum absolute atomic E-state index is 0.574. The molecule has 1 aliphatic carbocycles. The molecule has 0 radical (unpaired) electrons. The molecule has 3 heteroatoms. The van der Waals surface area contributed by atoms with Crippen LogP contribution in [-0.2, 0) is 5.41 Å². The zero-order valence-electron chi connectivity index (χ0n) is 31.4. The number of benzene rings is 8. The van der Waals surface area contributed by atoms with Crippen molar-refractivity contribution in [2.45, 2.75) is 12.3 Å². The average Bonchev–Trinajstić information content (AvgIpc) is 3.56. The summed E-state index contributed by atoms with van der Waals surface area (Å²) in [5, 5.41) is 0. The van der Waals surface area contributed by atoms with Gasteiger partial charge in [0.1, 0.15) is 11.5 Å². The third kappa shape index (κ3) is 5.35. The average molecular weight is 729 g/mol. The van der Waals surface area contributed by atoms with Crippen molar-refractivity contribution in [1.29, 1.82) is 0 Å². The van der Waals surface area contributed by atoms with E-state index in [9.17, 15) is 0 Å². The van der Waals surface area contributed by atoms with Gasteiger partial charge in [-0.3, -0.25) is 0 Å². The summed E-state index contributed by atoms with van der Waals surface area (Å²) in [4.78, 5) is 10.1. The Morgan fingerprint density at radius 3 is 1.32 bits per heavy atom. The molecule has 0 fully saturated rings. The van der Waals surface area contributed by atoms with Gasteiger partial charge in [-0.15, -0.1) is 0 Å². The van der Waals surface area contributed by atoms with Crippen molar-refractivity contribution < 1.29 is 4.74 Å². The van der Waals surface area contributed by atoms with Gasteiger partial charge in [0, 0.05) is 27.8 Å². The number of ether oxygens (including phenoxy) is 1. The Bertz CT molecular complexity index is 2870. The standard InChI is InChI=1S/C54H36N2O/c1-35-20-22-36(23-21-35)41-28-30-43-44-31-29-42(33-48(44)54(47(43)32-41)45-16-8-10-18-51(45)57-52-19-11-9-17-46(52)54)37-24-26-39(27-25-37)50-34-49(38-12-4-2-5-13-38)55-53(56-50)40-14-6-3-7-15-40/h2-34H,1H3. The van der Waals surface area contributed by atoms with E-state index >= 15 is 0 Å². The largest absolute Gasteiger partial charge is 0.457 e. The van der Waals surface area contributed by atoms with Crippen LogP contribution < -0.4 is 4.74 Å². The van der Waals surface area contributed by atoms with Gasteiger partial charge in [-0.2, -0.15) is 0 Å². The molecule has 1 aliphatic heterocycles. The molecule has 2 aliphatic rings. The summed E-state index contributed by atoms with van der Waals surface area (Å²) < 4.78 is 6.66. The fourth-order valence-corrected chi connectivity index (χ4v) is 8.91. The maximum Gasteiger partial charge on any atom is 0.160 e. The lowest BCUT2D eigenvalue weighted by Crippen LogP contribution is -2.32. The SMILES string of the molecule is Cc1ccc(-c2ccc3c(c2)C2(c4ccccc4Oc4ccccc42)c2cc(-c4ccc(-c5cc(-c6ccccc6)nc(-c6ccccc6)n5)cc4)ccc2-3)cc1. The first-order valence-electron chi connectivity index (χ1n) is 19.5. The number of hydrogen-bond donors (Lipinski definition) is 0.